The van der Waals surface area contributed by atoms with Gasteiger partial charge in [0.2, 0.25) is 0 Å². The van der Waals surface area contributed by atoms with Gasteiger partial charge in [0, 0.05) is 25.2 Å². The highest BCUT2D eigenvalue weighted by Gasteiger charge is 2.29. The third kappa shape index (κ3) is 2.84. The molecular formula is C14H22N6O. The molecule has 1 aliphatic heterocycles. The van der Waals surface area contributed by atoms with Gasteiger partial charge in [-0.1, -0.05) is 0 Å². The van der Waals surface area contributed by atoms with Gasteiger partial charge >= 0.3 is 0 Å². The fourth-order valence-corrected chi connectivity index (χ4v) is 2.80. The monoisotopic (exact) mass is 290 g/mol. The average Bonchev–Trinajstić information content (AvgIpc) is 2.85. The van der Waals surface area contributed by atoms with E-state index in [0.717, 1.165) is 44.9 Å². The van der Waals surface area contributed by atoms with Crippen LogP contribution in [0.3, 0.4) is 0 Å². The first-order valence-electron chi connectivity index (χ1n) is 7.32. The van der Waals surface area contributed by atoms with Crippen LogP contribution in [-0.2, 0) is 11.3 Å². The number of aromatic nitrogens is 4. The summed E-state index contributed by atoms with van der Waals surface area (Å²) in [5.41, 5.74) is 7.41. The third-order valence-electron chi connectivity index (χ3n) is 4.07. The van der Waals surface area contributed by atoms with Gasteiger partial charge in [-0.3, -0.25) is 4.90 Å². The molecule has 1 fully saturated rings. The Morgan fingerprint density at radius 2 is 2.14 bits per heavy atom. The van der Waals surface area contributed by atoms with Gasteiger partial charge in [-0.25, -0.2) is 15.0 Å². The van der Waals surface area contributed by atoms with E-state index in [2.05, 4.69) is 33.7 Å². The number of aryl methyl sites for hydroxylation is 1. The maximum absolute atomic E-state index is 5.80. The Morgan fingerprint density at radius 1 is 1.29 bits per heavy atom. The van der Waals surface area contributed by atoms with Gasteiger partial charge < -0.3 is 15.0 Å². The maximum Gasteiger partial charge on any atom is 0.165 e. The molecule has 2 N–H and O–H groups in total. The molecule has 1 aliphatic rings. The van der Waals surface area contributed by atoms with Gasteiger partial charge in [-0.05, 0) is 20.3 Å². The first kappa shape index (κ1) is 14.2. The van der Waals surface area contributed by atoms with E-state index in [9.17, 15) is 0 Å². The molecular weight excluding hydrogens is 268 g/mol. The summed E-state index contributed by atoms with van der Waals surface area (Å²) >= 11 is 0. The van der Waals surface area contributed by atoms with E-state index in [1.807, 2.05) is 4.57 Å². The lowest BCUT2D eigenvalue weighted by Crippen LogP contribution is -2.53. The van der Waals surface area contributed by atoms with Gasteiger partial charge in [0.1, 0.15) is 11.8 Å². The minimum Gasteiger partial charge on any atom is -0.382 e. The van der Waals surface area contributed by atoms with Crippen molar-refractivity contribution in [2.24, 2.45) is 0 Å². The second kappa shape index (κ2) is 5.57. The molecule has 2 aromatic rings. The number of imidazole rings is 1. The fraction of sp³-hybridized carbons (Fsp3) is 0.643. The summed E-state index contributed by atoms with van der Waals surface area (Å²) in [6.45, 7) is 8.98. The smallest absolute Gasteiger partial charge is 0.165 e. The molecule has 0 aliphatic carbocycles. The zero-order valence-corrected chi connectivity index (χ0v) is 12.6. The number of hydrogen-bond acceptors (Lipinski definition) is 6. The van der Waals surface area contributed by atoms with Crippen molar-refractivity contribution in [1.82, 2.24) is 24.4 Å². The van der Waals surface area contributed by atoms with Crippen LogP contribution in [0.5, 0.6) is 0 Å². The Kier molecular flexibility index (Phi) is 3.77. The molecule has 1 saturated heterocycles. The van der Waals surface area contributed by atoms with Crippen molar-refractivity contribution in [3.63, 3.8) is 0 Å². The second-order valence-electron chi connectivity index (χ2n) is 6.07. The van der Waals surface area contributed by atoms with Gasteiger partial charge in [0.25, 0.3) is 0 Å². The van der Waals surface area contributed by atoms with Crippen LogP contribution in [0.1, 0.15) is 20.3 Å². The zero-order valence-electron chi connectivity index (χ0n) is 12.6. The van der Waals surface area contributed by atoms with Crippen LogP contribution in [0.2, 0.25) is 0 Å². The van der Waals surface area contributed by atoms with E-state index in [-0.39, 0.29) is 5.54 Å². The third-order valence-corrected chi connectivity index (χ3v) is 4.07. The Labute approximate surface area is 124 Å². The molecule has 0 unspecified atom stereocenters. The summed E-state index contributed by atoms with van der Waals surface area (Å²) in [4.78, 5) is 15.0. The number of ether oxygens (including phenoxy) is 1. The Bertz CT molecular complexity index is 623. The van der Waals surface area contributed by atoms with E-state index >= 15 is 0 Å². The standard InChI is InChI=1S/C14H22N6O/c1-14(2)8-21-7-6-20(14)5-3-4-19-10-18-11-12(15)16-9-17-13(11)19/h9-10H,3-8H2,1-2H3,(H2,15,16,17). The van der Waals surface area contributed by atoms with Crippen LogP contribution < -0.4 is 5.73 Å². The number of hydrogen-bond donors (Lipinski definition) is 1. The lowest BCUT2D eigenvalue weighted by molar-refractivity contribution is -0.0514. The van der Waals surface area contributed by atoms with Crippen LogP contribution >= 0.6 is 0 Å². The van der Waals surface area contributed by atoms with Crippen LogP contribution in [0.4, 0.5) is 5.82 Å². The highest BCUT2D eigenvalue weighted by molar-refractivity contribution is 5.80. The first-order chi connectivity index (χ1) is 10.1. The average molecular weight is 290 g/mol. The first-order valence-corrected chi connectivity index (χ1v) is 7.32. The number of nitrogens with two attached hydrogens (primary N) is 1. The summed E-state index contributed by atoms with van der Waals surface area (Å²) in [5, 5.41) is 0. The summed E-state index contributed by atoms with van der Waals surface area (Å²) in [6, 6.07) is 0. The summed E-state index contributed by atoms with van der Waals surface area (Å²) in [7, 11) is 0. The predicted octanol–water partition coefficient (Wildman–Crippen LogP) is 0.909. The van der Waals surface area contributed by atoms with E-state index in [4.69, 9.17) is 10.5 Å². The summed E-state index contributed by atoms with van der Waals surface area (Å²) in [5.74, 6) is 0.438. The van der Waals surface area contributed by atoms with Gasteiger partial charge in [0.05, 0.1) is 19.5 Å². The molecule has 0 amide bonds. The lowest BCUT2D eigenvalue weighted by atomic mass is 10.0. The minimum absolute atomic E-state index is 0.113. The predicted molar refractivity (Wildman–Crippen MR) is 80.8 cm³/mol. The Hall–Kier alpha value is -1.73. The zero-order chi connectivity index (χ0) is 14.9. The van der Waals surface area contributed by atoms with E-state index in [1.54, 1.807) is 6.33 Å². The van der Waals surface area contributed by atoms with Gasteiger partial charge in [0.15, 0.2) is 11.5 Å². The molecule has 0 radical (unpaired) electrons. The Balaban J connectivity index is 1.63. The van der Waals surface area contributed by atoms with E-state index in [1.165, 1.54) is 6.33 Å². The molecule has 114 valence electrons. The molecule has 7 nitrogen and oxygen atoms in total. The Morgan fingerprint density at radius 3 is 2.95 bits per heavy atom. The number of nitrogen functional groups attached to an aromatic ring is 1. The van der Waals surface area contributed by atoms with Crippen molar-refractivity contribution >= 4 is 17.0 Å². The molecule has 0 spiro atoms. The highest BCUT2D eigenvalue weighted by Crippen LogP contribution is 2.20. The largest absolute Gasteiger partial charge is 0.382 e. The second-order valence-corrected chi connectivity index (χ2v) is 6.07. The molecule has 0 atom stereocenters. The van der Waals surface area contributed by atoms with Crippen LogP contribution in [-0.4, -0.2) is 56.3 Å². The number of anilines is 1. The minimum atomic E-state index is 0.113. The van der Waals surface area contributed by atoms with Crippen LogP contribution in [0, 0.1) is 0 Å². The van der Waals surface area contributed by atoms with Crippen LogP contribution in [0.15, 0.2) is 12.7 Å². The molecule has 3 heterocycles. The quantitative estimate of drug-likeness (QED) is 0.901. The van der Waals surface area contributed by atoms with E-state index < -0.39 is 0 Å². The maximum atomic E-state index is 5.80. The number of fused-ring (bicyclic) bond motifs is 1. The van der Waals surface area contributed by atoms with Crippen molar-refractivity contribution in [2.75, 3.05) is 32.0 Å². The molecule has 0 saturated carbocycles. The number of nitrogens with zero attached hydrogens (tertiary/aromatic N) is 5. The normalized spacial score (nSPS) is 19.1. The van der Waals surface area contributed by atoms with Crippen LogP contribution in [0.25, 0.3) is 11.2 Å². The SMILES string of the molecule is CC1(C)COCCN1CCCn1cnc2c(N)ncnc21. The number of rotatable bonds is 4. The van der Waals surface area contributed by atoms with Crippen molar-refractivity contribution < 1.29 is 4.74 Å². The molecule has 3 rings (SSSR count). The molecule has 0 bridgehead atoms. The molecule has 2 aromatic heterocycles. The highest BCUT2D eigenvalue weighted by atomic mass is 16.5. The topological polar surface area (TPSA) is 82.1 Å². The lowest BCUT2D eigenvalue weighted by Gasteiger charge is -2.42. The molecule has 21 heavy (non-hydrogen) atoms. The molecule has 7 heteroatoms. The van der Waals surface area contributed by atoms with Crippen molar-refractivity contribution in [3.8, 4) is 0 Å². The van der Waals surface area contributed by atoms with Crippen molar-refractivity contribution in [3.05, 3.63) is 12.7 Å². The van der Waals surface area contributed by atoms with Crippen molar-refractivity contribution in [1.29, 1.82) is 0 Å². The summed E-state index contributed by atoms with van der Waals surface area (Å²) in [6.07, 6.45) is 4.32. The fourth-order valence-electron chi connectivity index (χ4n) is 2.80. The molecule has 0 aromatic carbocycles. The number of morpholine rings is 1. The summed E-state index contributed by atoms with van der Waals surface area (Å²) < 4.78 is 7.59. The van der Waals surface area contributed by atoms with Gasteiger partial charge in [-0.15, -0.1) is 0 Å². The van der Waals surface area contributed by atoms with E-state index in [0.29, 0.717) is 11.3 Å². The van der Waals surface area contributed by atoms with Crippen molar-refractivity contribution in [2.45, 2.75) is 32.4 Å². The van der Waals surface area contributed by atoms with Gasteiger partial charge in [-0.2, -0.15) is 0 Å².